The zero-order valence-electron chi connectivity index (χ0n) is 8.36. The van der Waals surface area contributed by atoms with Crippen molar-refractivity contribution < 1.29 is 15.0 Å². The van der Waals surface area contributed by atoms with Gasteiger partial charge in [-0.1, -0.05) is 0 Å². The standard InChI is InChI=1S/C8H9.C5H4N.Cu/c1-2-8-6-4-3-5-7-8;1-2-4-6-5-3-1;/h3-7H,1-2H2;1-4H;. The molecule has 0 aliphatic carbocycles. The molecule has 0 bridgehead atoms. The fourth-order valence-electron chi connectivity index (χ4n) is 1.24. The summed E-state index contributed by atoms with van der Waals surface area (Å²) in [7, 11) is 0. The Hall–Kier alpha value is -1.11. The zero-order chi connectivity index (χ0) is 10.3. The molecule has 2 heteroatoms. The van der Waals surface area contributed by atoms with E-state index >= 15 is 0 Å². The van der Waals surface area contributed by atoms with Gasteiger partial charge in [0.2, 0.25) is 0 Å². The first kappa shape index (κ1) is 10.4. The van der Waals surface area contributed by atoms with Gasteiger partial charge >= 0.3 is 96.6 Å². The first-order chi connectivity index (χ1) is 7.45. The number of hydrogen-bond acceptors (Lipinski definition) is 1. The van der Waals surface area contributed by atoms with Crippen LogP contribution in [-0.2, 0) is 21.4 Å². The molecule has 0 amide bonds. The second-order valence-corrected chi connectivity index (χ2v) is 4.39. The number of nitrogens with zero attached hydrogens (tertiary/aromatic N) is 1. The maximum atomic E-state index is 4.27. The predicted octanol–water partition coefficient (Wildman–Crippen LogP) is 2.45. The number of rotatable bonds is 4. The van der Waals surface area contributed by atoms with E-state index in [9.17, 15) is 0 Å². The molecule has 0 aliphatic heterocycles. The van der Waals surface area contributed by atoms with E-state index in [1.54, 1.807) is 0 Å². The van der Waals surface area contributed by atoms with E-state index < -0.39 is 0 Å². The molecule has 1 nitrogen and oxygen atoms in total. The summed E-state index contributed by atoms with van der Waals surface area (Å²) >= 11 is 1.90. The Kier molecular flexibility index (Phi) is 3.95. The zero-order valence-corrected chi connectivity index (χ0v) is 9.30. The minimum atomic E-state index is 1.07. The van der Waals surface area contributed by atoms with Gasteiger partial charge in [-0.15, -0.1) is 0 Å². The van der Waals surface area contributed by atoms with Crippen LogP contribution in [0, 0.1) is 0 Å². The van der Waals surface area contributed by atoms with Crippen molar-refractivity contribution in [3.63, 3.8) is 0 Å². The van der Waals surface area contributed by atoms with Crippen LogP contribution >= 0.6 is 0 Å². The van der Waals surface area contributed by atoms with Crippen LogP contribution in [0.4, 0.5) is 0 Å². The van der Waals surface area contributed by atoms with E-state index in [0.717, 1.165) is 16.3 Å². The summed E-state index contributed by atoms with van der Waals surface area (Å²) in [5.74, 6) is 0. The second kappa shape index (κ2) is 5.69. The minimum absolute atomic E-state index is 1.07. The van der Waals surface area contributed by atoms with Crippen molar-refractivity contribution in [1.82, 2.24) is 4.98 Å². The van der Waals surface area contributed by atoms with E-state index in [-0.39, 0.29) is 0 Å². The molecule has 0 saturated heterocycles. The molecule has 0 aliphatic rings. The van der Waals surface area contributed by atoms with Crippen LogP contribution in [0.5, 0.6) is 0 Å². The molecule has 1 aromatic carbocycles. The molecular formula is C13H13CuN. The van der Waals surface area contributed by atoms with Crippen LogP contribution in [0.25, 0.3) is 0 Å². The summed E-state index contributed by atoms with van der Waals surface area (Å²) in [5, 5.41) is 1.07. The molecule has 2 aromatic rings. The van der Waals surface area contributed by atoms with Crippen LogP contribution in [0.1, 0.15) is 5.56 Å². The van der Waals surface area contributed by atoms with Crippen LogP contribution in [0.15, 0.2) is 54.7 Å². The number of aromatic nitrogens is 1. The van der Waals surface area contributed by atoms with Gasteiger partial charge in [0.1, 0.15) is 0 Å². The van der Waals surface area contributed by atoms with Crippen molar-refractivity contribution in [1.29, 1.82) is 0 Å². The SMILES string of the molecule is c1ccc(C[CH2][Cu][c]2ccccn2)cc1. The van der Waals surface area contributed by atoms with Crippen molar-refractivity contribution in [2.45, 2.75) is 11.7 Å². The first-order valence-electron chi connectivity index (χ1n) is 4.90. The molecule has 0 N–H and O–H groups in total. The fraction of sp³-hybridized carbons (Fsp3) is 0.154. The normalized spacial score (nSPS) is 10.4. The summed E-state index contributed by atoms with van der Waals surface area (Å²) in [6.45, 7) is 0. The molecule has 0 spiro atoms. The third kappa shape index (κ3) is 3.50. The molecule has 1 aromatic heterocycles. The number of hydrogen-bond donors (Lipinski definition) is 0. The van der Waals surface area contributed by atoms with E-state index in [0.29, 0.717) is 0 Å². The third-order valence-electron chi connectivity index (χ3n) is 2.00. The number of aryl methyl sites for hydroxylation is 1. The molecule has 2 rings (SSSR count). The van der Waals surface area contributed by atoms with E-state index in [2.05, 4.69) is 35.3 Å². The van der Waals surface area contributed by atoms with Crippen LogP contribution in [0.3, 0.4) is 0 Å². The van der Waals surface area contributed by atoms with Crippen molar-refractivity contribution in [3.05, 3.63) is 60.3 Å². The summed E-state index contributed by atoms with van der Waals surface area (Å²) in [4.78, 5) is 4.27. The second-order valence-electron chi connectivity index (χ2n) is 3.11. The van der Waals surface area contributed by atoms with Crippen LogP contribution in [0.2, 0.25) is 5.32 Å². The Labute approximate surface area is 96.7 Å². The third-order valence-corrected chi connectivity index (χ3v) is 3.09. The summed E-state index contributed by atoms with van der Waals surface area (Å²) in [6.07, 6.45) is 2.93. The maximum absolute atomic E-state index is 4.27. The number of pyridine rings is 1. The molecule has 0 atom stereocenters. The van der Waals surface area contributed by atoms with Crippen molar-refractivity contribution in [3.8, 4) is 0 Å². The Morgan fingerprint density at radius 1 is 0.933 bits per heavy atom. The molecule has 0 radical (unpaired) electrons. The van der Waals surface area contributed by atoms with Gasteiger partial charge in [0, 0.05) is 0 Å². The van der Waals surface area contributed by atoms with E-state index in [4.69, 9.17) is 0 Å². The van der Waals surface area contributed by atoms with Crippen molar-refractivity contribution in [2.75, 3.05) is 0 Å². The molecule has 0 unspecified atom stereocenters. The Morgan fingerprint density at radius 2 is 1.73 bits per heavy atom. The monoisotopic (exact) mass is 246 g/mol. The molecule has 15 heavy (non-hydrogen) atoms. The first-order valence-corrected chi connectivity index (χ1v) is 6.04. The van der Waals surface area contributed by atoms with Gasteiger partial charge < -0.3 is 0 Å². The molecule has 1 heterocycles. The van der Waals surface area contributed by atoms with Crippen LogP contribution < -0.4 is 4.59 Å². The van der Waals surface area contributed by atoms with Gasteiger partial charge in [-0.05, 0) is 0 Å². The van der Waals surface area contributed by atoms with E-state index in [1.807, 2.05) is 39.4 Å². The summed E-state index contributed by atoms with van der Waals surface area (Å²) < 4.78 is 1.09. The van der Waals surface area contributed by atoms with Crippen molar-refractivity contribution in [2.24, 2.45) is 0 Å². The van der Waals surface area contributed by atoms with Gasteiger partial charge in [-0.25, -0.2) is 0 Å². The molecular weight excluding hydrogens is 234 g/mol. The number of benzene rings is 1. The van der Waals surface area contributed by atoms with Crippen molar-refractivity contribution >= 4 is 4.59 Å². The van der Waals surface area contributed by atoms with Gasteiger partial charge in [0.25, 0.3) is 0 Å². The average Bonchev–Trinajstić information content (AvgIpc) is 2.32. The Balaban J connectivity index is 1.81. The molecule has 0 fully saturated rings. The average molecular weight is 247 g/mol. The van der Waals surface area contributed by atoms with Gasteiger partial charge in [-0.3, -0.25) is 0 Å². The van der Waals surface area contributed by atoms with Crippen LogP contribution in [-0.4, -0.2) is 4.98 Å². The van der Waals surface area contributed by atoms with Gasteiger partial charge in [0.15, 0.2) is 0 Å². The Bertz CT molecular complexity index is 346. The summed E-state index contributed by atoms with van der Waals surface area (Å²) in [5.41, 5.74) is 1.39. The van der Waals surface area contributed by atoms with E-state index in [1.165, 1.54) is 5.56 Å². The molecule has 0 saturated carbocycles. The quantitative estimate of drug-likeness (QED) is 0.756. The van der Waals surface area contributed by atoms with Gasteiger partial charge in [0.05, 0.1) is 0 Å². The Morgan fingerprint density at radius 3 is 2.47 bits per heavy atom. The summed E-state index contributed by atoms with van der Waals surface area (Å²) in [6, 6.07) is 16.6. The fourth-order valence-corrected chi connectivity index (χ4v) is 2.23. The molecule has 81 valence electrons. The topological polar surface area (TPSA) is 12.9 Å². The van der Waals surface area contributed by atoms with Gasteiger partial charge in [-0.2, -0.15) is 0 Å². The predicted molar refractivity (Wildman–Crippen MR) is 58.8 cm³/mol.